The Hall–Kier alpha value is -4.95. The Morgan fingerprint density at radius 3 is 2.24 bits per heavy atom. The molecule has 46 heavy (non-hydrogen) atoms. The maximum atomic E-state index is 14.1. The van der Waals surface area contributed by atoms with Crippen molar-refractivity contribution in [3.63, 3.8) is 0 Å². The van der Waals surface area contributed by atoms with Gasteiger partial charge in [0.15, 0.2) is 0 Å². The average Bonchev–Trinajstić information content (AvgIpc) is 3.54. The number of anilines is 1. The number of nitrogens with one attached hydrogen (secondary N) is 1. The third-order valence-electron chi connectivity index (χ3n) is 9.12. The molecule has 5 aromatic rings. The molecule has 0 saturated carbocycles. The quantitative estimate of drug-likeness (QED) is 0.209. The zero-order chi connectivity index (χ0) is 31.6. The van der Waals surface area contributed by atoms with Crippen LogP contribution in [0.5, 0.6) is 0 Å². The third kappa shape index (κ3) is 5.76. The highest BCUT2D eigenvalue weighted by atomic mass is 32.1. The van der Waals surface area contributed by atoms with Gasteiger partial charge in [-0.1, -0.05) is 104 Å². The van der Waals surface area contributed by atoms with Crippen molar-refractivity contribution < 1.29 is 14.4 Å². The van der Waals surface area contributed by atoms with Gasteiger partial charge in [-0.15, -0.1) is 11.3 Å². The van der Waals surface area contributed by atoms with E-state index in [9.17, 15) is 14.4 Å². The van der Waals surface area contributed by atoms with E-state index < -0.39 is 12.1 Å². The van der Waals surface area contributed by atoms with Gasteiger partial charge >= 0.3 is 6.03 Å². The van der Waals surface area contributed by atoms with E-state index in [4.69, 9.17) is 0 Å². The first-order valence-corrected chi connectivity index (χ1v) is 16.7. The molecule has 1 fully saturated rings. The van der Waals surface area contributed by atoms with Crippen LogP contribution in [0.3, 0.4) is 0 Å². The molecule has 4 aromatic carbocycles. The first kappa shape index (κ1) is 29.7. The van der Waals surface area contributed by atoms with Gasteiger partial charge in [-0.25, -0.2) is 4.79 Å². The molecule has 7 nitrogen and oxygen atoms in total. The fraction of sp³-hybridized carbons (Fsp3) is 0.237. The Kier molecular flexibility index (Phi) is 8.28. The minimum absolute atomic E-state index is 0.0207. The number of fused-ring (bicyclic) bond motifs is 3. The number of amides is 4. The lowest BCUT2D eigenvalue weighted by Crippen LogP contribution is -2.61. The minimum atomic E-state index is -0.622. The molecule has 3 heterocycles. The lowest BCUT2D eigenvalue weighted by molar-refractivity contribution is -0.134. The van der Waals surface area contributed by atoms with Crippen LogP contribution in [0.1, 0.15) is 45.6 Å². The normalized spacial score (nSPS) is 18.0. The van der Waals surface area contributed by atoms with Gasteiger partial charge in [0.2, 0.25) is 5.91 Å². The summed E-state index contributed by atoms with van der Waals surface area (Å²) in [6, 6.07) is 36.6. The number of thiophene rings is 1. The number of hydrogen-bond donors (Lipinski definition) is 1. The van der Waals surface area contributed by atoms with Crippen molar-refractivity contribution in [1.29, 1.82) is 0 Å². The molecule has 1 aromatic heterocycles. The molecule has 0 radical (unpaired) electrons. The monoisotopic (exact) mass is 628 g/mol. The molecule has 232 valence electrons. The fourth-order valence-corrected chi connectivity index (χ4v) is 7.66. The van der Waals surface area contributed by atoms with Crippen LogP contribution >= 0.6 is 11.3 Å². The van der Waals surface area contributed by atoms with Gasteiger partial charge in [-0.05, 0) is 51.4 Å². The summed E-state index contributed by atoms with van der Waals surface area (Å²) in [6.45, 7) is 3.18. The standard InChI is InChI=1S/C38H36N4O3S/c1-26-23-41-34(25-40(36(26)43)24-27-16-17-28-10-8-9-15-31(28)22-27)42(33-19-21-46-35(33)37(41)44)38(45)39-20-18-32(29-11-4-2-5-12-29)30-13-6-3-7-14-30/h2-17,19,21-22,26,32,34H,18,20,23-25H2,1H3,(H,39,45). The van der Waals surface area contributed by atoms with Gasteiger partial charge < -0.3 is 15.1 Å². The van der Waals surface area contributed by atoms with Crippen molar-refractivity contribution >= 4 is 45.6 Å². The molecule has 2 unspecified atom stereocenters. The molecule has 8 heteroatoms. The van der Waals surface area contributed by atoms with Crippen LogP contribution in [0.2, 0.25) is 0 Å². The van der Waals surface area contributed by atoms with Crippen molar-refractivity contribution in [2.24, 2.45) is 5.92 Å². The topological polar surface area (TPSA) is 73.0 Å². The highest BCUT2D eigenvalue weighted by Gasteiger charge is 2.46. The van der Waals surface area contributed by atoms with Gasteiger partial charge in [0.25, 0.3) is 5.91 Å². The molecule has 4 amide bonds. The smallest absolute Gasteiger partial charge is 0.323 e. The summed E-state index contributed by atoms with van der Waals surface area (Å²) in [5.41, 5.74) is 4.00. The van der Waals surface area contributed by atoms with E-state index >= 15 is 0 Å². The van der Waals surface area contributed by atoms with Crippen molar-refractivity contribution in [3.8, 4) is 0 Å². The van der Waals surface area contributed by atoms with E-state index in [1.807, 2.05) is 77.9 Å². The highest BCUT2D eigenvalue weighted by Crippen LogP contribution is 2.37. The van der Waals surface area contributed by atoms with Crippen LogP contribution in [0, 0.1) is 5.92 Å². The molecule has 0 bridgehead atoms. The van der Waals surface area contributed by atoms with E-state index in [1.54, 1.807) is 9.80 Å². The summed E-state index contributed by atoms with van der Waals surface area (Å²) >= 11 is 1.34. The van der Waals surface area contributed by atoms with Crippen LogP contribution in [0.15, 0.2) is 115 Å². The van der Waals surface area contributed by atoms with Gasteiger partial charge in [0.05, 0.1) is 18.2 Å². The summed E-state index contributed by atoms with van der Waals surface area (Å²) in [4.78, 5) is 47.4. The van der Waals surface area contributed by atoms with E-state index in [0.717, 1.165) is 16.3 Å². The summed E-state index contributed by atoms with van der Waals surface area (Å²) in [7, 11) is 0. The van der Waals surface area contributed by atoms with Crippen LogP contribution < -0.4 is 10.2 Å². The largest absolute Gasteiger partial charge is 0.338 e. The number of carbonyl (C=O) groups is 3. The zero-order valence-corrected chi connectivity index (χ0v) is 26.5. The Balaban J connectivity index is 1.15. The maximum Gasteiger partial charge on any atom is 0.323 e. The van der Waals surface area contributed by atoms with E-state index in [2.05, 4.69) is 53.8 Å². The van der Waals surface area contributed by atoms with Gasteiger partial charge in [-0.2, -0.15) is 0 Å². The number of benzene rings is 4. The lowest BCUT2D eigenvalue weighted by Gasteiger charge is -2.43. The summed E-state index contributed by atoms with van der Waals surface area (Å²) in [5, 5.41) is 7.29. The molecule has 2 aliphatic rings. The predicted molar refractivity (Wildman–Crippen MR) is 183 cm³/mol. The lowest BCUT2D eigenvalue weighted by atomic mass is 9.88. The van der Waals surface area contributed by atoms with Gasteiger partial charge in [-0.3, -0.25) is 14.5 Å². The third-order valence-corrected chi connectivity index (χ3v) is 10.0. The Morgan fingerprint density at radius 2 is 1.52 bits per heavy atom. The second-order valence-corrected chi connectivity index (χ2v) is 13.1. The van der Waals surface area contributed by atoms with Crippen molar-refractivity contribution in [2.75, 3.05) is 24.5 Å². The van der Waals surface area contributed by atoms with Crippen molar-refractivity contribution in [3.05, 3.63) is 136 Å². The molecule has 1 N–H and O–H groups in total. The number of rotatable bonds is 7. The van der Waals surface area contributed by atoms with E-state index in [0.29, 0.717) is 30.1 Å². The number of urea groups is 1. The second-order valence-electron chi connectivity index (χ2n) is 12.1. The first-order valence-electron chi connectivity index (χ1n) is 15.8. The molecular weight excluding hydrogens is 593 g/mol. The molecule has 2 aliphatic heterocycles. The van der Waals surface area contributed by atoms with Crippen molar-refractivity contribution in [1.82, 2.24) is 15.1 Å². The molecule has 2 atom stereocenters. The summed E-state index contributed by atoms with van der Waals surface area (Å²) in [6.07, 6.45) is 0.0871. The minimum Gasteiger partial charge on any atom is -0.338 e. The van der Waals surface area contributed by atoms with E-state index in [1.165, 1.54) is 22.5 Å². The van der Waals surface area contributed by atoms with Crippen LogP contribution in [-0.2, 0) is 11.3 Å². The van der Waals surface area contributed by atoms with Crippen LogP contribution in [0.25, 0.3) is 10.8 Å². The van der Waals surface area contributed by atoms with Crippen LogP contribution in [-0.4, -0.2) is 53.4 Å². The zero-order valence-electron chi connectivity index (χ0n) is 25.7. The number of carbonyl (C=O) groups excluding carboxylic acids is 3. The van der Waals surface area contributed by atoms with Gasteiger partial charge in [0, 0.05) is 25.6 Å². The second kappa shape index (κ2) is 12.8. The Labute approximate surface area is 273 Å². The molecular formula is C38H36N4O3S. The number of hydrogen-bond acceptors (Lipinski definition) is 4. The molecule has 7 rings (SSSR count). The summed E-state index contributed by atoms with van der Waals surface area (Å²) < 4.78 is 0. The van der Waals surface area contributed by atoms with Gasteiger partial charge in [0.1, 0.15) is 11.0 Å². The highest BCUT2D eigenvalue weighted by molar-refractivity contribution is 7.12. The fourth-order valence-electron chi connectivity index (χ4n) is 6.82. The SMILES string of the molecule is CC1CN2C(=O)c3sccc3N(C(=O)NCCC(c3ccccc3)c3ccccc3)C2CN(Cc2ccc3ccccc3c2)C1=O. The molecule has 1 saturated heterocycles. The molecule has 0 spiro atoms. The Morgan fingerprint density at radius 1 is 0.848 bits per heavy atom. The Bertz CT molecular complexity index is 1840. The maximum absolute atomic E-state index is 14.1. The first-order chi connectivity index (χ1) is 22.5. The summed E-state index contributed by atoms with van der Waals surface area (Å²) in [5.74, 6) is -0.432. The van der Waals surface area contributed by atoms with Crippen LogP contribution in [0.4, 0.5) is 10.5 Å². The predicted octanol–water partition coefficient (Wildman–Crippen LogP) is 7.10. The molecule has 0 aliphatic carbocycles. The van der Waals surface area contributed by atoms with E-state index in [-0.39, 0.29) is 36.9 Å². The average molecular weight is 629 g/mol. The van der Waals surface area contributed by atoms with Crippen molar-refractivity contribution in [2.45, 2.75) is 32.0 Å². The number of nitrogens with zero attached hydrogens (tertiary/aromatic N) is 3.